The van der Waals surface area contributed by atoms with E-state index in [1.54, 1.807) is 41.3 Å². The number of halogens is 1. The Morgan fingerprint density at radius 2 is 1.86 bits per heavy atom. The number of nitrogens with zero attached hydrogens (tertiary/aromatic N) is 1. The van der Waals surface area contributed by atoms with Crippen LogP contribution in [0.2, 0.25) is 5.02 Å². The number of hydrogen-bond acceptors (Lipinski definition) is 3. The van der Waals surface area contributed by atoms with Crippen molar-refractivity contribution in [3.05, 3.63) is 70.4 Å². The molecule has 0 unspecified atom stereocenters. The molecule has 28 heavy (non-hydrogen) atoms. The molecule has 144 valence electrons. The van der Waals surface area contributed by atoms with Crippen molar-refractivity contribution in [2.75, 3.05) is 13.1 Å². The third-order valence-electron chi connectivity index (χ3n) is 5.35. The van der Waals surface area contributed by atoms with E-state index in [4.69, 9.17) is 16.0 Å². The van der Waals surface area contributed by atoms with Gasteiger partial charge in [0.15, 0.2) is 5.76 Å². The van der Waals surface area contributed by atoms with Gasteiger partial charge >= 0.3 is 5.97 Å². The third-order valence-corrected chi connectivity index (χ3v) is 5.58. The molecule has 1 aliphatic rings. The minimum Gasteiger partial charge on any atom is -0.478 e. The lowest BCUT2D eigenvalue weighted by Gasteiger charge is -2.31. The molecule has 1 amide bonds. The van der Waals surface area contributed by atoms with Crippen molar-refractivity contribution >= 4 is 34.4 Å². The van der Waals surface area contributed by atoms with E-state index in [1.165, 1.54) is 0 Å². The smallest absolute Gasteiger partial charge is 0.335 e. The van der Waals surface area contributed by atoms with Gasteiger partial charge in [-0.05, 0) is 61.1 Å². The van der Waals surface area contributed by atoms with Gasteiger partial charge in [0.25, 0.3) is 5.91 Å². The van der Waals surface area contributed by atoms with Crippen molar-refractivity contribution in [1.29, 1.82) is 0 Å². The first-order valence-corrected chi connectivity index (χ1v) is 9.68. The lowest BCUT2D eigenvalue weighted by atomic mass is 9.88. The topological polar surface area (TPSA) is 70.8 Å². The van der Waals surface area contributed by atoms with E-state index in [0.29, 0.717) is 47.4 Å². The molecule has 1 fully saturated rings. The van der Waals surface area contributed by atoms with Gasteiger partial charge in [0.2, 0.25) is 0 Å². The van der Waals surface area contributed by atoms with E-state index in [0.717, 1.165) is 23.8 Å². The van der Waals surface area contributed by atoms with Crippen molar-refractivity contribution in [3.8, 4) is 0 Å². The Bertz CT molecular complexity index is 1030. The van der Waals surface area contributed by atoms with Gasteiger partial charge in [-0.1, -0.05) is 29.8 Å². The van der Waals surface area contributed by atoms with E-state index < -0.39 is 5.97 Å². The molecular weight excluding hydrogens is 378 g/mol. The fraction of sp³-hybridized carbons (Fsp3) is 0.273. The minimum absolute atomic E-state index is 0.114. The molecule has 1 aromatic heterocycles. The quantitative estimate of drug-likeness (QED) is 0.681. The molecule has 1 N–H and O–H groups in total. The molecule has 0 aliphatic carbocycles. The number of carbonyl (C=O) groups is 2. The number of furan rings is 1. The molecular formula is C22H20ClNO4. The summed E-state index contributed by atoms with van der Waals surface area (Å²) < 4.78 is 5.69. The monoisotopic (exact) mass is 397 g/mol. The van der Waals surface area contributed by atoms with Gasteiger partial charge in [0, 0.05) is 23.5 Å². The summed E-state index contributed by atoms with van der Waals surface area (Å²) in [6, 6.07) is 14.2. The van der Waals surface area contributed by atoms with Gasteiger partial charge in [0.05, 0.1) is 5.56 Å². The largest absolute Gasteiger partial charge is 0.478 e. The molecule has 1 saturated heterocycles. The maximum Gasteiger partial charge on any atom is 0.335 e. The van der Waals surface area contributed by atoms with E-state index >= 15 is 0 Å². The van der Waals surface area contributed by atoms with Crippen LogP contribution >= 0.6 is 11.6 Å². The van der Waals surface area contributed by atoms with E-state index in [-0.39, 0.29) is 5.91 Å². The predicted molar refractivity (Wildman–Crippen MR) is 107 cm³/mol. The number of rotatable bonds is 4. The van der Waals surface area contributed by atoms with Crippen LogP contribution in [0.1, 0.15) is 39.3 Å². The highest BCUT2D eigenvalue weighted by molar-refractivity contribution is 6.31. The summed E-state index contributed by atoms with van der Waals surface area (Å²) in [4.78, 5) is 26.0. The van der Waals surface area contributed by atoms with Crippen molar-refractivity contribution in [2.24, 2.45) is 5.92 Å². The van der Waals surface area contributed by atoms with Crippen LogP contribution in [0.5, 0.6) is 0 Å². The molecule has 0 spiro atoms. The van der Waals surface area contributed by atoms with Crippen LogP contribution < -0.4 is 0 Å². The molecule has 1 aliphatic heterocycles. The maximum absolute atomic E-state index is 12.8. The lowest BCUT2D eigenvalue weighted by Crippen LogP contribution is -2.38. The molecule has 2 heterocycles. The molecule has 4 rings (SSSR count). The highest BCUT2D eigenvalue weighted by Crippen LogP contribution is 2.27. The summed E-state index contributed by atoms with van der Waals surface area (Å²) in [6.45, 7) is 1.27. The molecule has 6 heteroatoms. The third kappa shape index (κ3) is 3.76. The Hall–Kier alpha value is -2.79. The Kier molecular flexibility index (Phi) is 5.09. The zero-order valence-corrected chi connectivity index (χ0v) is 16.0. The molecule has 0 atom stereocenters. The zero-order chi connectivity index (χ0) is 19.7. The SMILES string of the molecule is O=C(O)c1ccccc1CC1CCN(C(=O)c2cc3cc(Cl)ccc3o2)CC1. The van der Waals surface area contributed by atoms with Gasteiger partial charge < -0.3 is 14.4 Å². The molecule has 3 aromatic rings. The van der Waals surface area contributed by atoms with Crippen molar-refractivity contribution in [2.45, 2.75) is 19.3 Å². The normalized spacial score (nSPS) is 15.1. The summed E-state index contributed by atoms with van der Waals surface area (Å²) in [7, 11) is 0. The molecule has 2 aromatic carbocycles. The molecule has 5 nitrogen and oxygen atoms in total. The van der Waals surface area contributed by atoms with Gasteiger partial charge in [-0.3, -0.25) is 4.79 Å². The number of aromatic carboxylic acids is 1. The van der Waals surface area contributed by atoms with E-state index in [9.17, 15) is 14.7 Å². The fourth-order valence-corrected chi connectivity index (χ4v) is 4.01. The Balaban J connectivity index is 1.41. The van der Waals surface area contributed by atoms with Crippen molar-refractivity contribution in [3.63, 3.8) is 0 Å². The van der Waals surface area contributed by atoms with Crippen LogP contribution in [0.15, 0.2) is 52.9 Å². The second-order valence-corrected chi connectivity index (χ2v) is 7.63. The number of carbonyl (C=O) groups excluding carboxylic acids is 1. The number of hydrogen-bond donors (Lipinski definition) is 1. The number of carboxylic acids is 1. The standard InChI is InChI=1S/C22H20ClNO4/c23-17-5-6-19-16(12-17)13-20(28-19)21(25)24-9-7-14(8-10-24)11-15-3-1-2-4-18(15)22(26)27/h1-6,12-14H,7-11H2,(H,26,27). The van der Waals surface area contributed by atoms with E-state index in [1.807, 2.05) is 12.1 Å². The van der Waals surface area contributed by atoms with Gasteiger partial charge in [-0.2, -0.15) is 0 Å². The summed E-state index contributed by atoms with van der Waals surface area (Å²) in [5, 5.41) is 10.8. The first kappa shape index (κ1) is 18.6. The highest BCUT2D eigenvalue weighted by Gasteiger charge is 2.26. The van der Waals surface area contributed by atoms with Gasteiger partial charge in [-0.25, -0.2) is 4.79 Å². The molecule has 0 bridgehead atoms. The summed E-state index contributed by atoms with van der Waals surface area (Å²) in [5.74, 6) is -0.323. The molecule has 0 saturated carbocycles. The first-order chi connectivity index (χ1) is 13.5. The summed E-state index contributed by atoms with van der Waals surface area (Å²) >= 11 is 6.00. The fourth-order valence-electron chi connectivity index (χ4n) is 3.83. The second kappa shape index (κ2) is 7.68. The average molecular weight is 398 g/mol. The predicted octanol–water partition coefficient (Wildman–Crippen LogP) is 4.88. The minimum atomic E-state index is -0.895. The number of likely N-dealkylation sites (tertiary alicyclic amines) is 1. The maximum atomic E-state index is 12.8. The van der Waals surface area contributed by atoms with Crippen LogP contribution in [0, 0.1) is 5.92 Å². The number of piperidine rings is 1. The van der Waals surface area contributed by atoms with Crippen molar-refractivity contribution in [1.82, 2.24) is 4.90 Å². The lowest BCUT2D eigenvalue weighted by molar-refractivity contribution is 0.0661. The first-order valence-electron chi connectivity index (χ1n) is 9.31. The van der Waals surface area contributed by atoms with Gasteiger partial charge in [-0.15, -0.1) is 0 Å². The van der Waals surface area contributed by atoms with Crippen LogP contribution in [0.4, 0.5) is 0 Å². The molecule has 0 radical (unpaired) electrons. The number of carboxylic acid groups (broad SMARTS) is 1. The van der Waals surface area contributed by atoms with Crippen LogP contribution in [0.3, 0.4) is 0 Å². The van der Waals surface area contributed by atoms with Crippen LogP contribution in [0.25, 0.3) is 11.0 Å². The van der Waals surface area contributed by atoms with Crippen LogP contribution in [-0.2, 0) is 6.42 Å². The number of amides is 1. The average Bonchev–Trinajstić information content (AvgIpc) is 3.11. The Morgan fingerprint density at radius 1 is 1.11 bits per heavy atom. The number of benzene rings is 2. The second-order valence-electron chi connectivity index (χ2n) is 7.19. The Labute approximate surface area is 167 Å². The number of fused-ring (bicyclic) bond motifs is 1. The van der Waals surface area contributed by atoms with Crippen molar-refractivity contribution < 1.29 is 19.1 Å². The highest BCUT2D eigenvalue weighted by atomic mass is 35.5. The van der Waals surface area contributed by atoms with E-state index in [2.05, 4.69) is 0 Å². The van der Waals surface area contributed by atoms with Gasteiger partial charge in [0.1, 0.15) is 5.58 Å². The summed E-state index contributed by atoms with van der Waals surface area (Å²) in [6.07, 6.45) is 2.39. The Morgan fingerprint density at radius 3 is 2.61 bits per heavy atom. The summed E-state index contributed by atoms with van der Waals surface area (Å²) in [5.41, 5.74) is 1.86. The van der Waals surface area contributed by atoms with Crippen LogP contribution in [-0.4, -0.2) is 35.0 Å². The zero-order valence-electron chi connectivity index (χ0n) is 15.2.